The normalized spacial score (nSPS) is 21.3. The van der Waals surface area contributed by atoms with E-state index >= 15 is 0 Å². The largest absolute Gasteiger partial charge is 0.360 e. The summed E-state index contributed by atoms with van der Waals surface area (Å²) in [5.41, 5.74) is 0.393. The Kier molecular flexibility index (Phi) is 8.12. The van der Waals surface area contributed by atoms with Crippen LogP contribution >= 0.6 is 0 Å². The molecule has 0 aromatic carbocycles. The number of rotatable bonds is 8. The molecule has 3 heterocycles. The Hall–Kier alpha value is -1.49. The number of aryl methyl sites for hydroxylation is 2. The first kappa shape index (κ1) is 24.2. The maximum absolute atomic E-state index is 13.0. The van der Waals surface area contributed by atoms with E-state index in [1.807, 2.05) is 6.92 Å². The number of carbonyl (C=O) groups excluding carboxylic acids is 1. The van der Waals surface area contributed by atoms with Gasteiger partial charge in [0.1, 0.15) is 10.6 Å². The molecule has 0 bridgehead atoms. The third-order valence-corrected chi connectivity index (χ3v) is 8.88. The highest BCUT2D eigenvalue weighted by Crippen LogP contribution is 2.30. The molecular formula is C21H37N5O4S. The molecule has 0 radical (unpaired) electrons. The molecule has 0 aliphatic carbocycles. The summed E-state index contributed by atoms with van der Waals surface area (Å²) in [5.74, 6) is 0.468. The van der Waals surface area contributed by atoms with Crippen molar-refractivity contribution in [1.82, 2.24) is 24.6 Å². The molecule has 1 N–H and O–H groups in total. The summed E-state index contributed by atoms with van der Waals surface area (Å²) in [6.07, 6.45) is 2.31. The molecule has 1 aromatic rings. The van der Waals surface area contributed by atoms with Crippen molar-refractivity contribution in [2.75, 3.05) is 59.4 Å². The molecule has 176 valence electrons. The fraction of sp³-hybridized carbons (Fsp3) is 0.810. The van der Waals surface area contributed by atoms with Crippen LogP contribution in [-0.2, 0) is 14.8 Å². The summed E-state index contributed by atoms with van der Waals surface area (Å²) < 4.78 is 32.5. The number of piperidine rings is 1. The Morgan fingerprint density at radius 3 is 2.39 bits per heavy atom. The predicted molar refractivity (Wildman–Crippen MR) is 118 cm³/mol. The number of carbonyl (C=O) groups is 1. The van der Waals surface area contributed by atoms with Gasteiger partial charge in [-0.05, 0) is 52.6 Å². The van der Waals surface area contributed by atoms with E-state index in [2.05, 4.69) is 27.3 Å². The Morgan fingerprint density at radius 1 is 1.16 bits per heavy atom. The van der Waals surface area contributed by atoms with E-state index in [9.17, 15) is 13.2 Å². The van der Waals surface area contributed by atoms with E-state index in [4.69, 9.17) is 4.52 Å². The topological polar surface area (TPSA) is 99.0 Å². The molecule has 9 nitrogen and oxygen atoms in total. The van der Waals surface area contributed by atoms with Crippen molar-refractivity contribution in [3.05, 3.63) is 11.5 Å². The van der Waals surface area contributed by atoms with E-state index in [-0.39, 0.29) is 22.6 Å². The zero-order valence-electron chi connectivity index (χ0n) is 19.3. The van der Waals surface area contributed by atoms with Gasteiger partial charge in [0.2, 0.25) is 15.9 Å². The first-order valence-electron chi connectivity index (χ1n) is 11.3. The number of sulfonamides is 1. The Balaban J connectivity index is 1.41. The number of piperazine rings is 1. The minimum absolute atomic E-state index is 0.0745. The van der Waals surface area contributed by atoms with E-state index in [0.717, 1.165) is 39.1 Å². The zero-order chi connectivity index (χ0) is 22.6. The third-order valence-electron chi connectivity index (χ3n) is 6.73. The summed E-state index contributed by atoms with van der Waals surface area (Å²) >= 11 is 0. The van der Waals surface area contributed by atoms with Crippen molar-refractivity contribution < 1.29 is 17.7 Å². The van der Waals surface area contributed by atoms with Gasteiger partial charge in [-0.3, -0.25) is 4.79 Å². The van der Waals surface area contributed by atoms with Gasteiger partial charge in [0.25, 0.3) is 0 Å². The van der Waals surface area contributed by atoms with Crippen molar-refractivity contribution in [3.63, 3.8) is 0 Å². The maximum Gasteiger partial charge on any atom is 0.248 e. The van der Waals surface area contributed by atoms with Crippen LogP contribution in [0.5, 0.6) is 0 Å². The highest BCUT2D eigenvalue weighted by Gasteiger charge is 2.36. The molecule has 1 amide bonds. The first-order valence-corrected chi connectivity index (χ1v) is 12.8. The molecule has 0 saturated carbocycles. The molecule has 10 heteroatoms. The number of likely N-dealkylation sites (N-methyl/N-ethyl adjacent to an activating group) is 1. The van der Waals surface area contributed by atoms with Crippen LogP contribution in [0.1, 0.15) is 37.6 Å². The molecule has 0 spiro atoms. The number of nitrogens with one attached hydrogen (secondary N) is 1. The molecule has 3 rings (SSSR count). The second-order valence-electron chi connectivity index (χ2n) is 8.97. The number of amides is 1. The van der Waals surface area contributed by atoms with Gasteiger partial charge in [0, 0.05) is 51.7 Å². The maximum atomic E-state index is 13.0. The molecule has 31 heavy (non-hydrogen) atoms. The third kappa shape index (κ3) is 5.85. The molecular weight excluding hydrogens is 418 g/mol. The van der Waals surface area contributed by atoms with Gasteiger partial charge in [-0.1, -0.05) is 12.1 Å². The second-order valence-corrected chi connectivity index (χ2v) is 10.8. The highest BCUT2D eigenvalue weighted by atomic mass is 32.2. The van der Waals surface area contributed by atoms with Crippen LogP contribution in [0.15, 0.2) is 9.42 Å². The van der Waals surface area contributed by atoms with Crippen LogP contribution in [-0.4, -0.2) is 93.0 Å². The Labute approximate surface area is 186 Å². The highest BCUT2D eigenvalue weighted by molar-refractivity contribution is 7.89. The molecule has 1 unspecified atom stereocenters. The van der Waals surface area contributed by atoms with Crippen molar-refractivity contribution in [3.8, 4) is 0 Å². The van der Waals surface area contributed by atoms with Gasteiger partial charge in [0.15, 0.2) is 5.76 Å². The van der Waals surface area contributed by atoms with E-state index in [1.165, 1.54) is 4.31 Å². The van der Waals surface area contributed by atoms with Crippen molar-refractivity contribution in [2.45, 2.75) is 44.9 Å². The number of aromatic nitrogens is 1. The van der Waals surface area contributed by atoms with E-state index in [1.54, 1.807) is 13.8 Å². The standard InChI is InChI=1S/C21H37N5O4S/c1-16(21(27)22-8-5-9-25-14-12-24(4)13-15-25)19-6-10-26(11-7-19)31(28,29)20-17(2)23-30-18(20)3/h16,19H,5-15H2,1-4H3,(H,22,27). The lowest BCUT2D eigenvalue weighted by atomic mass is 9.85. The smallest absolute Gasteiger partial charge is 0.248 e. The molecule has 1 aromatic heterocycles. The van der Waals surface area contributed by atoms with Gasteiger partial charge in [0.05, 0.1) is 0 Å². The summed E-state index contributed by atoms with van der Waals surface area (Å²) in [5, 5.41) is 6.85. The quantitative estimate of drug-likeness (QED) is 0.586. The van der Waals surface area contributed by atoms with Gasteiger partial charge in [-0.15, -0.1) is 0 Å². The summed E-state index contributed by atoms with van der Waals surface area (Å²) in [7, 11) is -1.46. The van der Waals surface area contributed by atoms with Gasteiger partial charge in [-0.25, -0.2) is 8.42 Å². The molecule has 1 atom stereocenters. The fourth-order valence-corrected chi connectivity index (χ4v) is 6.31. The van der Waals surface area contributed by atoms with Crippen LogP contribution in [0, 0.1) is 25.7 Å². The van der Waals surface area contributed by atoms with Gasteiger partial charge < -0.3 is 19.6 Å². The predicted octanol–water partition coefficient (Wildman–Crippen LogP) is 1.08. The van der Waals surface area contributed by atoms with Crippen LogP contribution in [0.4, 0.5) is 0 Å². The van der Waals surface area contributed by atoms with Crippen molar-refractivity contribution in [1.29, 1.82) is 0 Å². The van der Waals surface area contributed by atoms with Gasteiger partial charge >= 0.3 is 0 Å². The second kappa shape index (κ2) is 10.4. The van der Waals surface area contributed by atoms with Crippen molar-refractivity contribution >= 4 is 15.9 Å². The zero-order valence-corrected chi connectivity index (χ0v) is 20.1. The lowest BCUT2D eigenvalue weighted by molar-refractivity contribution is -0.126. The van der Waals surface area contributed by atoms with Crippen LogP contribution < -0.4 is 5.32 Å². The lowest BCUT2D eigenvalue weighted by Gasteiger charge is -2.34. The summed E-state index contributed by atoms with van der Waals surface area (Å²) in [6.45, 7) is 12.2. The van der Waals surface area contributed by atoms with Crippen LogP contribution in [0.2, 0.25) is 0 Å². The lowest BCUT2D eigenvalue weighted by Crippen LogP contribution is -2.45. The SMILES string of the molecule is Cc1noc(C)c1S(=O)(=O)N1CCC(C(C)C(=O)NCCCN2CCN(C)CC2)CC1. The fourth-order valence-electron chi connectivity index (χ4n) is 4.55. The summed E-state index contributed by atoms with van der Waals surface area (Å²) in [4.78, 5) is 17.6. The minimum atomic E-state index is -3.61. The molecule has 2 aliphatic rings. The number of hydrogen-bond donors (Lipinski definition) is 1. The van der Waals surface area contributed by atoms with E-state index < -0.39 is 10.0 Å². The average molecular weight is 456 g/mol. The van der Waals surface area contributed by atoms with Crippen molar-refractivity contribution in [2.24, 2.45) is 11.8 Å². The average Bonchev–Trinajstić information content (AvgIpc) is 3.10. The Morgan fingerprint density at radius 2 is 1.81 bits per heavy atom. The first-order chi connectivity index (χ1) is 14.7. The minimum Gasteiger partial charge on any atom is -0.360 e. The van der Waals surface area contributed by atoms with E-state index in [0.29, 0.717) is 43.9 Å². The number of hydrogen-bond acceptors (Lipinski definition) is 7. The molecule has 2 fully saturated rings. The molecule has 2 aliphatic heterocycles. The Bertz CT molecular complexity index is 820. The number of nitrogens with zero attached hydrogens (tertiary/aromatic N) is 4. The summed E-state index contributed by atoms with van der Waals surface area (Å²) in [6, 6.07) is 0. The monoisotopic (exact) mass is 455 g/mol. The van der Waals surface area contributed by atoms with Crippen LogP contribution in [0.3, 0.4) is 0 Å². The van der Waals surface area contributed by atoms with Gasteiger partial charge in [-0.2, -0.15) is 4.31 Å². The van der Waals surface area contributed by atoms with Crippen LogP contribution in [0.25, 0.3) is 0 Å². The molecule has 2 saturated heterocycles.